The maximum atomic E-state index is 14.6. The average Bonchev–Trinajstić information content (AvgIpc) is 3.04. The second kappa shape index (κ2) is 6.48. The highest BCUT2D eigenvalue weighted by molar-refractivity contribution is 7.90. The monoisotopic (exact) mass is 373 g/mol. The molecule has 3 aromatic rings. The van der Waals surface area contributed by atoms with Crippen LogP contribution in [0.15, 0.2) is 47.4 Å². The van der Waals surface area contributed by atoms with Crippen LogP contribution >= 0.6 is 0 Å². The van der Waals surface area contributed by atoms with E-state index < -0.39 is 15.8 Å². The summed E-state index contributed by atoms with van der Waals surface area (Å²) < 4.78 is 42.1. The first kappa shape index (κ1) is 17.2. The lowest BCUT2D eigenvalue weighted by atomic mass is 9.92. The molecule has 136 valence electrons. The number of nitrogens with zero attached hydrogens (tertiary/aromatic N) is 2. The van der Waals surface area contributed by atoms with Crippen molar-refractivity contribution < 1.29 is 12.8 Å². The van der Waals surface area contributed by atoms with Gasteiger partial charge in [0.05, 0.1) is 21.5 Å². The van der Waals surface area contributed by atoms with Crippen LogP contribution in [0.25, 0.3) is 10.9 Å². The third-order valence-corrected chi connectivity index (χ3v) is 6.72. The Bertz CT molecular complexity index is 1070. The van der Waals surface area contributed by atoms with Gasteiger partial charge in [-0.1, -0.05) is 24.3 Å². The first-order chi connectivity index (χ1) is 12.5. The second-order valence-electron chi connectivity index (χ2n) is 6.66. The van der Waals surface area contributed by atoms with E-state index in [1.165, 1.54) is 12.1 Å². The lowest BCUT2D eigenvalue weighted by molar-refractivity contribution is 0.452. The number of benzene rings is 2. The van der Waals surface area contributed by atoms with Gasteiger partial charge in [0, 0.05) is 5.92 Å². The van der Waals surface area contributed by atoms with E-state index in [0.717, 1.165) is 30.0 Å². The second-order valence-corrected chi connectivity index (χ2v) is 8.39. The van der Waals surface area contributed by atoms with Crippen LogP contribution in [-0.4, -0.2) is 30.7 Å². The Morgan fingerprint density at radius 1 is 1.12 bits per heavy atom. The van der Waals surface area contributed by atoms with Crippen molar-refractivity contribution in [2.45, 2.75) is 30.6 Å². The van der Waals surface area contributed by atoms with Gasteiger partial charge in [-0.3, -0.25) is 0 Å². The highest BCUT2D eigenvalue weighted by atomic mass is 32.2. The van der Waals surface area contributed by atoms with Crippen molar-refractivity contribution >= 4 is 20.9 Å². The van der Waals surface area contributed by atoms with Gasteiger partial charge in [-0.05, 0) is 56.6 Å². The quantitative estimate of drug-likeness (QED) is 0.766. The molecule has 1 aliphatic heterocycles. The first-order valence-electron chi connectivity index (χ1n) is 8.69. The van der Waals surface area contributed by atoms with Crippen LogP contribution in [0.2, 0.25) is 0 Å². The zero-order chi connectivity index (χ0) is 18.3. The van der Waals surface area contributed by atoms with Gasteiger partial charge in [-0.15, -0.1) is 0 Å². The zero-order valence-electron chi connectivity index (χ0n) is 14.4. The number of piperidine rings is 1. The summed E-state index contributed by atoms with van der Waals surface area (Å²) in [6, 6.07) is 11.3. The molecule has 7 heteroatoms. The van der Waals surface area contributed by atoms with E-state index >= 15 is 0 Å². The number of hydrogen-bond acceptors (Lipinski definition) is 4. The SMILES string of the molecule is Cc1ccccc1S(=O)(=O)n1nc(C2CCNCC2)c2c(F)cccc21. The molecule has 0 aliphatic carbocycles. The van der Waals surface area contributed by atoms with Crippen LogP contribution in [0.3, 0.4) is 0 Å². The van der Waals surface area contributed by atoms with Crippen LogP contribution in [0.1, 0.15) is 30.0 Å². The van der Waals surface area contributed by atoms with Crippen molar-refractivity contribution in [3.63, 3.8) is 0 Å². The molecule has 0 atom stereocenters. The molecule has 0 bridgehead atoms. The van der Waals surface area contributed by atoms with Gasteiger partial charge in [0.15, 0.2) is 0 Å². The minimum Gasteiger partial charge on any atom is -0.317 e. The van der Waals surface area contributed by atoms with Gasteiger partial charge in [-0.25, -0.2) is 4.39 Å². The van der Waals surface area contributed by atoms with Crippen molar-refractivity contribution in [1.29, 1.82) is 0 Å². The molecule has 2 heterocycles. The largest absolute Gasteiger partial charge is 0.317 e. The van der Waals surface area contributed by atoms with Crippen molar-refractivity contribution in [3.05, 3.63) is 59.5 Å². The summed E-state index contributed by atoms with van der Waals surface area (Å²) in [5.41, 5.74) is 1.47. The Kier molecular flexibility index (Phi) is 4.28. The summed E-state index contributed by atoms with van der Waals surface area (Å²) in [6.45, 7) is 3.38. The Balaban J connectivity index is 1.97. The summed E-state index contributed by atoms with van der Waals surface area (Å²) in [5, 5.41) is 8.01. The highest BCUT2D eigenvalue weighted by Gasteiger charge is 2.29. The lowest BCUT2D eigenvalue weighted by Gasteiger charge is -2.21. The van der Waals surface area contributed by atoms with Gasteiger partial charge >= 0.3 is 0 Å². The van der Waals surface area contributed by atoms with Crippen molar-refractivity contribution in [1.82, 2.24) is 14.5 Å². The van der Waals surface area contributed by atoms with E-state index in [1.807, 2.05) is 0 Å². The normalized spacial score (nSPS) is 16.2. The first-order valence-corrected chi connectivity index (χ1v) is 10.1. The molecule has 1 fully saturated rings. The number of fused-ring (bicyclic) bond motifs is 1. The molecule has 2 aromatic carbocycles. The van der Waals surface area contributed by atoms with Gasteiger partial charge in [-0.2, -0.15) is 17.6 Å². The van der Waals surface area contributed by atoms with Gasteiger partial charge in [0.1, 0.15) is 5.82 Å². The van der Waals surface area contributed by atoms with E-state index in [2.05, 4.69) is 10.4 Å². The highest BCUT2D eigenvalue weighted by Crippen LogP contribution is 2.34. The number of halogens is 1. The molecule has 1 saturated heterocycles. The Morgan fingerprint density at radius 3 is 2.58 bits per heavy atom. The van der Waals surface area contributed by atoms with E-state index in [1.54, 1.807) is 37.3 Å². The number of hydrogen-bond donors (Lipinski definition) is 1. The Morgan fingerprint density at radius 2 is 1.85 bits per heavy atom. The summed E-state index contributed by atoms with van der Waals surface area (Å²) in [6.07, 6.45) is 1.62. The number of aryl methyl sites for hydroxylation is 1. The minimum absolute atomic E-state index is 0.0453. The summed E-state index contributed by atoms with van der Waals surface area (Å²) in [5.74, 6) is -0.383. The Labute approximate surface area is 151 Å². The van der Waals surface area contributed by atoms with Crippen LogP contribution in [0, 0.1) is 12.7 Å². The summed E-state index contributed by atoms with van der Waals surface area (Å²) >= 11 is 0. The third kappa shape index (κ3) is 2.71. The van der Waals surface area contributed by atoms with Gasteiger partial charge in [0.2, 0.25) is 0 Å². The Hall–Kier alpha value is -2.25. The standard InChI is InChI=1S/C19H20FN3O2S/c1-13-5-2-3-8-17(13)26(24,25)23-16-7-4-6-15(20)18(16)19(22-23)14-9-11-21-12-10-14/h2-8,14,21H,9-12H2,1H3. The third-order valence-electron chi connectivity index (χ3n) is 4.98. The molecule has 1 aliphatic rings. The van der Waals surface area contributed by atoms with E-state index in [-0.39, 0.29) is 10.8 Å². The van der Waals surface area contributed by atoms with Crippen LogP contribution in [0.4, 0.5) is 4.39 Å². The molecule has 5 nitrogen and oxygen atoms in total. The lowest BCUT2D eigenvalue weighted by Crippen LogP contribution is -2.27. The molecule has 1 N–H and O–H groups in total. The topological polar surface area (TPSA) is 64.0 Å². The maximum Gasteiger partial charge on any atom is 0.283 e. The van der Waals surface area contributed by atoms with E-state index in [0.29, 0.717) is 22.2 Å². The minimum atomic E-state index is -3.91. The maximum absolute atomic E-state index is 14.6. The molecule has 26 heavy (non-hydrogen) atoms. The molecule has 0 spiro atoms. The molecule has 0 radical (unpaired) electrons. The van der Waals surface area contributed by atoms with Gasteiger partial charge in [0.25, 0.3) is 10.0 Å². The molecular weight excluding hydrogens is 353 g/mol. The predicted molar refractivity (Wildman–Crippen MR) is 98.3 cm³/mol. The number of aromatic nitrogens is 2. The summed E-state index contributed by atoms with van der Waals surface area (Å²) in [4.78, 5) is 0.186. The molecular formula is C19H20FN3O2S. The van der Waals surface area contributed by atoms with Crippen molar-refractivity contribution in [2.24, 2.45) is 0 Å². The average molecular weight is 373 g/mol. The van der Waals surface area contributed by atoms with E-state index in [9.17, 15) is 12.8 Å². The molecule has 0 amide bonds. The summed E-state index contributed by atoms with van der Waals surface area (Å²) in [7, 11) is -3.91. The van der Waals surface area contributed by atoms with Gasteiger partial charge < -0.3 is 5.32 Å². The van der Waals surface area contributed by atoms with Crippen LogP contribution < -0.4 is 5.32 Å². The fraction of sp³-hybridized carbons (Fsp3) is 0.316. The molecule has 4 rings (SSSR count). The van der Waals surface area contributed by atoms with Crippen molar-refractivity contribution in [2.75, 3.05) is 13.1 Å². The fourth-order valence-electron chi connectivity index (χ4n) is 3.63. The number of rotatable bonds is 3. The molecule has 0 unspecified atom stereocenters. The fourth-order valence-corrected chi connectivity index (χ4v) is 5.15. The van der Waals surface area contributed by atoms with Crippen molar-refractivity contribution in [3.8, 4) is 0 Å². The molecule has 1 aromatic heterocycles. The predicted octanol–water partition coefficient (Wildman–Crippen LogP) is 3.19. The smallest absolute Gasteiger partial charge is 0.283 e. The number of nitrogens with one attached hydrogen (secondary N) is 1. The molecule has 0 saturated carbocycles. The van der Waals surface area contributed by atoms with Crippen LogP contribution in [0.5, 0.6) is 0 Å². The van der Waals surface area contributed by atoms with E-state index in [4.69, 9.17) is 0 Å². The zero-order valence-corrected chi connectivity index (χ0v) is 15.3. The van der Waals surface area contributed by atoms with Crippen LogP contribution in [-0.2, 0) is 10.0 Å².